The molecule has 0 saturated carbocycles. The number of benzene rings is 1. The molecule has 0 fully saturated rings. The van der Waals surface area contributed by atoms with Gasteiger partial charge < -0.3 is 10.8 Å². The molecular weight excluding hydrogens is 210 g/mol. The average Bonchev–Trinajstić information content (AvgIpc) is 2.28. The Morgan fingerprint density at radius 3 is 2.53 bits per heavy atom. The van der Waals surface area contributed by atoms with E-state index in [1.807, 2.05) is 12.1 Å². The highest BCUT2D eigenvalue weighted by atomic mass is 16.3. The van der Waals surface area contributed by atoms with Crippen LogP contribution in [-0.2, 0) is 0 Å². The van der Waals surface area contributed by atoms with E-state index in [2.05, 4.69) is 19.9 Å². The van der Waals surface area contributed by atoms with Crippen LogP contribution in [0.1, 0.15) is 45.1 Å². The third kappa shape index (κ3) is 2.70. The molecule has 0 atom stereocenters. The lowest BCUT2D eigenvalue weighted by atomic mass is 9.79. The monoisotopic (exact) mass is 231 g/mol. The first-order valence-corrected chi connectivity index (χ1v) is 6.29. The van der Waals surface area contributed by atoms with Crippen molar-refractivity contribution in [3.05, 3.63) is 35.4 Å². The van der Waals surface area contributed by atoms with Crippen molar-refractivity contribution < 1.29 is 5.11 Å². The Hall–Kier alpha value is -1.28. The Morgan fingerprint density at radius 2 is 1.88 bits per heavy atom. The van der Waals surface area contributed by atoms with E-state index in [1.165, 1.54) is 24.0 Å². The highest BCUT2D eigenvalue weighted by Gasteiger charge is 2.24. The van der Waals surface area contributed by atoms with E-state index in [0.717, 1.165) is 18.4 Å². The fourth-order valence-electron chi connectivity index (χ4n) is 2.63. The summed E-state index contributed by atoms with van der Waals surface area (Å²) in [6, 6.07) is 7.51. The van der Waals surface area contributed by atoms with Crippen molar-refractivity contribution in [2.75, 3.05) is 0 Å². The molecule has 92 valence electrons. The minimum Gasteiger partial charge on any atom is -0.508 e. The third-order valence-electron chi connectivity index (χ3n) is 3.44. The van der Waals surface area contributed by atoms with E-state index >= 15 is 0 Å². The minimum absolute atomic E-state index is 0.263. The first-order chi connectivity index (χ1) is 7.98. The first-order valence-electron chi connectivity index (χ1n) is 6.29. The molecule has 0 amide bonds. The zero-order valence-corrected chi connectivity index (χ0v) is 10.7. The minimum atomic E-state index is -0.263. The normalized spacial score (nSPS) is 17.4. The van der Waals surface area contributed by atoms with Crippen molar-refractivity contribution in [2.24, 2.45) is 5.73 Å². The Morgan fingerprint density at radius 1 is 1.18 bits per heavy atom. The molecule has 2 rings (SSSR count). The van der Waals surface area contributed by atoms with Gasteiger partial charge in [-0.05, 0) is 68.4 Å². The Kier molecular flexibility index (Phi) is 3.25. The van der Waals surface area contributed by atoms with Gasteiger partial charge in [0.05, 0.1) is 0 Å². The molecule has 0 radical (unpaired) electrons. The maximum absolute atomic E-state index is 9.58. The highest BCUT2D eigenvalue weighted by Crippen LogP contribution is 2.37. The maximum Gasteiger partial charge on any atom is 0.116 e. The lowest BCUT2D eigenvalue weighted by Crippen LogP contribution is -2.36. The fourth-order valence-corrected chi connectivity index (χ4v) is 2.63. The number of phenolic OH excluding ortho intramolecular Hbond substituents is 1. The van der Waals surface area contributed by atoms with Gasteiger partial charge in [0.1, 0.15) is 5.75 Å². The van der Waals surface area contributed by atoms with Crippen LogP contribution < -0.4 is 5.73 Å². The topological polar surface area (TPSA) is 46.2 Å². The Bertz CT molecular complexity index is 440. The molecule has 0 aromatic heterocycles. The van der Waals surface area contributed by atoms with Crippen molar-refractivity contribution >= 4 is 5.57 Å². The second-order valence-electron chi connectivity index (χ2n) is 5.44. The van der Waals surface area contributed by atoms with E-state index in [0.29, 0.717) is 5.75 Å². The van der Waals surface area contributed by atoms with Gasteiger partial charge in [-0.25, -0.2) is 0 Å². The zero-order valence-electron chi connectivity index (χ0n) is 10.7. The third-order valence-corrected chi connectivity index (χ3v) is 3.44. The largest absolute Gasteiger partial charge is 0.508 e. The SMILES string of the molecule is CC(C)(N)C1=C(c2cccc(O)c2)CCCC1. The van der Waals surface area contributed by atoms with E-state index < -0.39 is 0 Å². The van der Waals surface area contributed by atoms with Crippen LogP contribution in [0.5, 0.6) is 5.75 Å². The maximum atomic E-state index is 9.58. The number of hydrogen-bond donors (Lipinski definition) is 2. The molecule has 2 nitrogen and oxygen atoms in total. The summed E-state index contributed by atoms with van der Waals surface area (Å²) in [5.41, 5.74) is 9.79. The second-order valence-corrected chi connectivity index (χ2v) is 5.44. The first kappa shape index (κ1) is 12.2. The molecule has 1 aromatic rings. The quantitative estimate of drug-likeness (QED) is 0.818. The van der Waals surface area contributed by atoms with E-state index in [4.69, 9.17) is 5.73 Å². The zero-order chi connectivity index (χ0) is 12.5. The highest BCUT2D eigenvalue weighted by molar-refractivity contribution is 5.71. The van der Waals surface area contributed by atoms with Gasteiger partial charge in [0, 0.05) is 5.54 Å². The molecular formula is C15H21NO. The van der Waals surface area contributed by atoms with E-state index in [1.54, 1.807) is 6.07 Å². The number of hydrogen-bond acceptors (Lipinski definition) is 2. The molecule has 2 heteroatoms. The van der Waals surface area contributed by atoms with Gasteiger partial charge in [0.2, 0.25) is 0 Å². The lowest BCUT2D eigenvalue weighted by molar-refractivity contribution is 0.475. The number of nitrogens with two attached hydrogens (primary N) is 1. The smallest absolute Gasteiger partial charge is 0.116 e. The molecule has 0 spiro atoms. The fraction of sp³-hybridized carbons (Fsp3) is 0.467. The van der Waals surface area contributed by atoms with Crippen LogP contribution in [0.4, 0.5) is 0 Å². The summed E-state index contributed by atoms with van der Waals surface area (Å²) in [7, 11) is 0. The van der Waals surface area contributed by atoms with Crippen LogP contribution >= 0.6 is 0 Å². The molecule has 1 aliphatic carbocycles. The van der Waals surface area contributed by atoms with Crippen LogP contribution in [-0.4, -0.2) is 10.6 Å². The molecule has 0 bridgehead atoms. The van der Waals surface area contributed by atoms with Gasteiger partial charge in [-0.1, -0.05) is 12.1 Å². The van der Waals surface area contributed by atoms with Gasteiger partial charge >= 0.3 is 0 Å². The Labute approximate surface area is 103 Å². The second kappa shape index (κ2) is 4.53. The molecule has 0 unspecified atom stereocenters. The molecule has 17 heavy (non-hydrogen) atoms. The molecule has 0 heterocycles. The van der Waals surface area contributed by atoms with Crippen molar-refractivity contribution in [3.63, 3.8) is 0 Å². The molecule has 1 aromatic carbocycles. The molecule has 1 aliphatic rings. The number of allylic oxidation sites excluding steroid dienone is 1. The predicted molar refractivity (Wildman–Crippen MR) is 71.8 cm³/mol. The van der Waals surface area contributed by atoms with Gasteiger partial charge in [-0.3, -0.25) is 0 Å². The molecule has 0 saturated heterocycles. The summed E-state index contributed by atoms with van der Waals surface area (Å²) in [5, 5.41) is 9.58. The van der Waals surface area contributed by atoms with Crippen LogP contribution in [0.25, 0.3) is 5.57 Å². The van der Waals surface area contributed by atoms with Gasteiger partial charge in [0.25, 0.3) is 0 Å². The summed E-state index contributed by atoms with van der Waals surface area (Å²) in [5.74, 6) is 0.328. The molecule has 0 aliphatic heterocycles. The van der Waals surface area contributed by atoms with Crippen LogP contribution in [0, 0.1) is 0 Å². The number of aromatic hydroxyl groups is 1. The van der Waals surface area contributed by atoms with Crippen molar-refractivity contribution in [1.82, 2.24) is 0 Å². The van der Waals surface area contributed by atoms with Crippen molar-refractivity contribution in [3.8, 4) is 5.75 Å². The number of rotatable bonds is 2. The lowest BCUT2D eigenvalue weighted by Gasteiger charge is -2.30. The average molecular weight is 231 g/mol. The van der Waals surface area contributed by atoms with Crippen LogP contribution in [0.15, 0.2) is 29.8 Å². The van der Waals surface area contributed by atoms with Crippen LogP contribution in [0.2, 0.25) is 0 Å². The van der Waals surface area contributed by atoms with E-state index in [9.17, 15) is 5.11 Å². The summed E-state index contributed by atoms with van der Waals surface area (Å²) in [6.07, 6.45) is 4.58. The van der Waals surface area contributed by atoms with Gasteiger partial charge in [-0.15, -0.1) is 0 Å². The Balaban J connectivity index is 2.49. The van der Waals surface area contributed by atoms with Gasteiger partial charge in [-0.2, -0.15) is 0 Å². The molecule has 3 N–H and O–H groups in total. The summed E-state index contributed by atoms with van der Waals surface area (Å²) >= 11 is 0. The summed E-state index contributed by atoms with van der Waals surface area (Å²) < 4.78 is 0. The van der Waals surface area contributed by atoms with Crippen LogP contribution in [0.3, 0.4) is 0 Å². The summed E-state index contributed by atoms with van der Waals surface area (Å²) in [6.45, 7) is 4.13. The summed E-state index contributed by atoms with van der Waals surface area (Å²) in [4.78, 5) is 0. The van der Waals surface area contributed by atoms with Crippen molar-refractivity contribution in [2.45, 2.75) is 45.1 Å². The number of phenols is 1. The standard InChI is InChI=1S/C15H21NO/c1-15(2,16)14-9-4-3-8-13(14)11-6-5-7-12(17)10-11/h5-7,10,17H,3-4,8-9,16H2,1-2H3. The van der Waals surface area contributed by atoms with E-state index in [-0.39, 0.29) is 5.54 Å². The predicted octanol–water partition coefficient (Wildman–Crippen LogP) is 3.46. The van der Waals surface area contributed by atoms with Gasteiger partial charge in [0.15, 0.2) is 0 Å². The van der Waals surface area contributed by atoms with Crippen molar-refractivity contribution in [1.29, 1.82) is 0 Å².